The molecule has 6 nitrogen and oxygen atoms in total. The molecule has 0 spiro atoms. The largest absolute Gasteiger partial charge is 0.433 e. The van der Waals surface area contributed by atoms with E-state index in [-0.39, 0.29) is 17.7 Å². The summed E-state index contributed by atoms with van der Waals surface area (Å²) >= 11 is 0. The summed E-state index contributed by atoms with van der Waals surface area (Å²) < 4.78 is 39.2. The standard InChI is InChI=1S/C18H22F3N5O/c1-5-26(6-2)16(27)12-7-9-13(10-8-12)22-17-23-14(18(19,20)21)11-15(24-17)25(3)4/h7-11H,5-6H2,1-4H3,(H,22,23,24). The molecule has 0 atom stereocenters. The van der Waals surface area contributed by atoms with E-state index in [9.17, 15) is 18.0 Å². The first-order valence-corrected chi connectivity index (χ1v) is 8.45. The van der Waals surface area contributed by atoms with E-state index in [2.05, 4.69) is 15.3 Å². The van der Waals surface area contributed by atoms with Gasteiger partial charge in [0.25, 0.3) is 5.91 Å². The van der Waals surface area contributed by atoms with Crippen molar-refractivity contribution in [2.24, 2.45) is 0 Å². The summed E-state index contributed by atoms with van der Waals surface area (Å²) in [6, 6.07) is 7.33. The Balaban J connectivity index is 2.26. The molecule has 2 rings (SSSR count). The van der Waals surface area contributed by atoms with E-state index in [1.807, 2.05) is 13.8 Å². The van der Waals surface area contributed by atoms with Crippen LogP contribution in [0.15, 0.2) is 30.3 Å². The lowest BCUT2D eigenvalue weighted by molar-refractivity contribution is -0.141. The van der Waals surface area contributed by atoms with Gasteiger partial charge >= 0.3 is 6.18 Å². The number of carbonyl (C=O) groups excluding carboxylic acids is 1. The van der Waals surface area contributed by atoms with Crippen LogP contribution in [0.1, 0.15) is 29.9 Å². The lowest BCUT2D eigenvalue weighted by Gasteiger charge is -2.19. The zero-order valence-electron chi connectivity index (χ0n) is 15.6. The molecule has 1 aromatic carbocycles. The van der Waals surface area contributed by atoms with E-state index >= 15 is 0 Å². The average molecular weight is 381 g/mol. The number of amides is 1. The van der Waals surface area contributed by atoms with Crippen molar-refractivity contribution in [2.75, 3.05) is 37.4 Å². The van der Waals surface area contributed by atoms with Crippen molar-refractivity contribution >= 4 is 23.4 Å². The van der Waals surface area contributed by atoms with E-state index in [0.717, 1.165) is 6.07 Å². The number of nitrogens with zero attached hydrogens (tertiary/aromatic N) is 4. The molecule has 0 aliphatic heterocycles. The highest BCUT2D eigenvalue weighted by Crippen LogP contribution is 2.30. The first-order chi connectivity index (χ1) is 12.7. The summed E-state index contributed by atoms with van der Waals surface area (Å²) in [5.41, 5.74) is -0.0460. The number of halogens is 3. The van der Waals surface area contributed by atoms with Gasteiger partial charge in [-0.1, -0.05) is 0 Å². The highest BCUT2D eigenvalue weighted by Gasteiger charge is 2.34. The van der Waals surface area contributed by atoms with Crippen LogP contribution in [0.5, 0.6) is 0 Å². The normalized spacial score (nSPS) is 11.2. The molecule has 0 radical (unpaired) electrons. The fraction of sp³-hybridized carbons (Fsp3) is 0.389. The summed E-state index contributed by atoms with van der Waals surface area (Å²) in [5.74, 6) is -0.138. The van der Waals surface area contributed by atoms with E-state index in [1.54, 1.807) is 43.3 Å². The number of hydrogen-bond acceptors (Lipinski definition) is 5. The molecule has 2 aromatic rings. The number of hydrogen-bond donors (Lipinski definition) is 1. The average Bonchev–Trinajstić information content (AvgIpc) is 2.62. The molecule has 1 amide bonds. The van der Waals surface area contributed by atoms with Crippen molar-refractivity contribution < 1.29 is 18.0 Å². The van der Waals surface area contributed by atoms with Gasteiger partial charge in [0.15, 0.2) is 5.69 Å². The molecule has 0 saturated heterocycles. The Morgan fingerprint density at radius 2 is 1.67 bits per heavy atom. The molecule has 0 unspecified atom stereocenters. The first kappa shape index (κ1) is 20.5. The maximum Gasteiger partial charge on any atom is 0.433 e. The number of rotatable bonds is 6. The summed E-state index contributed by atoms with van der Waals surface area (Å²) in [5, 5.41) is 2.76. The molecule has 9 heteroatoms. The molecule has 1 aromatic heterocycles. The number of alkyl halides is 3. The van der Waals surface area contributed by atoms with Gasteiger partial charge in [0, 0.05) is 44.5 Å². The number of anilines is 3. The molecular weight excluding hydrogens is 359 g/mol. The van der Waals surface area contributed by atoms with Gasteiger partial charge in [-0.25, -0.2) is 4.98 Å². The Hall–Kier alpha value is -2.84. The van der Waals surface area contributed by atoms with E-state index in [0.29, 0.717) is 24.3 Å². The summed E-state index contributed by atoms with van der Waals surface area (Å²) in [4.78, 5) is 23.1. The lowest BCUT2D eigenvalue weighted by atomic mass is 10.2. The van der Waals surface area contributed by atoms with Crippen molar-refractivity contribution in [3.05, 3.63) is 41.6 Å². The number of nitrogens with one attached hydrogen (secondary N) is 1. The van der Waals surface area contributed by atoms with E-state index in [4.69, 9.17) is 0 Å². The molecule has 0 fully saturated rings. The van der Waals surface area contributed by atoms with Crippen LogP contribution in [-0.4, -0.2) is 48.0 Å². The minimum Gasteiger partial charge on any atom is -0.363 e. The molecular formula is C18H22F3N5O. The Labute approximate surface area is 156 Å². The van der Waals surface area contributed by atoms with E-state index in [1.165, 1.54) is 4.90 Å². The van der Waals surface area contributed by atoms with Gasteiger partial charge in [-0.05, 0) is 38.1 Å². The Kier molecular flexibility index (Phi) is 6.24. The topological polar surface area (TPSA) is 61.4 Å². The van der Waals surface area contributed by atoms with Crippen LogP contribution in [0.2, 0.25) is 0 Å². The second kappa shape index (κ2) is 8.24. The van der Waals surface area contributed by atoms with Crippen LogP contribution in [0, 0.1) is 0 Å². The molecule has 27 heavy (non-hydrogen) atoms. The molecule has 146 valence electrons. The third kappa shape index (κ3) is 5.08. The minimum absolute atomic E-state index is 0.100. The van der Waals surface area contributed by atoms with Crippen molar-refractivity contribution in [3.8, 4) is 0 Å². The number of benzene rings is 1. The molecule has 1 N–H and O–H groups in total. The van der Waals surface area contributed by atoms with Gasteiger partial charge in [0.2, 0.25) is 5.95 Å². The molecule has 0 aliphatic carbocycles. The van der Waals surface area contributed by atoms with Crippen LogP contribution in [0.25, 0.3) is 0 Å². The molecule has 0 aliphatic rings. The third-order valence-electron chi connectivity index (χ3n) is 3.90. The first-order valence-electron chi connectivity index (χ1n) is 8.45. The quantitative estimate of drug-likeness (QED) is 0.825. The fourth-order valence-electron chi connectivity index (χ4n) is 2.38. The van der Waals surface area contributed by atoms with Crippen molar-refractivity contribution in [1.29, 1.82) is 0 Å². The lowest BCUT2D eigenvalue weighted by Crippen LogP contribution is -2.30. The third-order valence-corrected chi connectivity index (χ3v) is 3.90. The van der Waals surface area contributed by atoms with Gasteiger partial charge < -0.3 is 15.1 Å². The van der Waals surface area contributed by atoms with Crippen molar-refractivity contribution in [3.63, 3.8) is 0 Å². The summed E-state index contributed by atoms with van der Waals surface area (Å²) in [6.45, 7) is 4.98. The fourth-order valence-corrected chi connectivity index (χ4v) is 2.38. The smallest absolute Gasteiger partial charge is 0.363 e. The number of aromatic nitrogens is 2. The van der Waals surface area contributed by atoms with Crippen LogP contribution in [0.3, 0.4) is 0 Å². The Morgan fingerprint density at radius 1 is 1.07 bits per heavy atom. The van der Waals surface area contributed by atoms with Crippen LogP contribution in [0.4, 0.5) is 30.6 Å². The Morgan fingerprint density at radius 3 is 2.15 bits per heavy atom. The minimum atomic E-state index is -4.58. The van der Waals surface area contributed by atoms with Crippen molar-refractivity contribution in [2.45, 2.75) is 20.0 Å². The highest BCUT2D eigenvalue weighted by atomic mass is 19.4. The SMILES string of the molecule is CCN(CC)C(=O)c1ccc(Nc2nc(N(C)C)cc(C(F)(F)F)n2)cc1. The summed E-state index contributed by atoms with van der Waals surface area (Å²) in [7, 11) is 3.19. The van der Waals surface area contributed by atoms with Crippen LogP contribution in [-0.2, 0) is 6.18 Å². The monoisotopic (exact) mass is 381 g/mol. The second-order valence-electron chi connectivity index (χ2n) is 6.01. The van der Waals surface area contributed by atoms with Gasteiger partial charge in [-0.3, -0.25) is 4.79 Å². The van der Waals surface area contributed by atoms with E-state index < -0.39 is 11.9 Å². The second-order valence-corrected chi connectivity index (χ2v) is 6.01. The molecule has 1 heterocycles. The maximum absolute atomic E-state index is 13.1. The van der Waals surface area contributed by atoms with Gasteiger partial charge in [-0.15, -0.1) is 0 Å². The zero-order chi connectivity index (χ0) is 20.2. The van der Waals surface area contributed by atoms with Crippen LogP contribution < -0.4 is 10.2 Å². The predicted octanol–water partition coefficient (Wildman–Crippen LogP) is 3.79. The Bertz CT molecular complexity index is 787. The highest BCUT2D eigenvalue weighted by molar-refractivity contribution is 5.94. The maximum atomic E-state index is 13.1. The zero-order valence-corrected chi connectivity index (χ0v) is 15.6. The predicted molar refractivity (Wildman–Crippen MR) is 98.3 cm³/mol. The number of carbonyl (C=O) groups is 1. The molecule has 0 bridgehead atoms. The summed E-state index contributed by atoms with van der Waals surface area (Å²) in [6.07, 6.45) is -4.58. The van der Waals surface area contributed by atoms with Gasteiger partial charge in [0.05, 0.1) is 0 Å². The molecule has 0 saturated carbocycles. The van der Waals surface area contributed by atoms with Crippen molar-refractivity contribution in [1.82, 2.24) is 14.9 Å². The van der Waals surface area contributed by atoms with Crippen LogP contribution >= 0.6 is 0 Å². The van der Waals surface area contributed by atoms with Gasteiger partial charge in [0.1, 0.15) is 5.82 Å². The van der Waals surface area contributed by atoms with Gasteiger partial charge in [-0.2, -0.15) is 18.2 Å².